The fourth-order valence-electron chi connectivity index (χ4n) is 2.87. The van der Waals surface area contributed by atoms with E-state index in [9.17, 15) is 18.7 Å². The van der Waals surface area contributed by atoms with Gasteiger partial charge in [-0.05, 0) is 44.5 Å². The van der Waals surface area contributed by atoms with E-state index in [1.165, 1.54) is 0 Å². The Labute approximate surface area is 117 Å². The molecule has 1 aliphatic rings. The molecule has 5 heteroatoms. The summed E-state index contributed by atoms with van der Waals surface area (Å²) in [5.74, 6) is -1.89. The second kappa shape index (κ2) is 6.31. The van der Waals surface area contributed by atoms with Crippen LogP contribution in [0, 0.1) is 11.6 Å². The van der Waals surface area contributed by atoms with E-state index in [4.69, 9.17) is 0 Å². The number of aliphatic carboxylic acids is 1. The van der Waals surface area contributed by atoms with Crippen LogP contribution in [0.4, 0.5) is 8.78 Å². The molecule has 2 rings (SSSR count). The molecule has 1 aromatic carbocycles. The van der Waals surface area contributed by atoms with Crippen LogP contribution in [-0.4, -0.2) is 28.6 Å². The molecule has 0 spiro atoms. The monoisotopic (exact) mass is 283 g/mol. The minimum absolute atomic E-state index is 0.221. The number of hydrogen-bond donors (Lipinski definition) is 1. The van der Waals surface area contributed by atoms with Gasteiger partial charge < -0.3 is 5.11 Å². The van der Waals surface area contributed by atoms with Gasteiger partial charge in [-0.3, -0.25) is 9.69 Å². The molecule has 1 heterocycles. The van der Waals surface area contributed by atoms with Crippen molar-refractivity contribution in [3.05, 3.63) is 35.4 Å². The zero-order valence-electron chi connectivity index (χ0n) is 11.5. The summed E-state index contributed by atoms with van der Waals surface area (Å²) in [6.07, 6.45) is 3.26. The number of carbonyl (C=O) groups is 1. The third kappa shape index (κ3) is 3.15. The van der Waals surface area contributed by atoms with Crippen molar-refractivity contribution in [3.63, 3.8) is 0 Å². The maximum absolute atomic E-state index is 13.9. The first-order valence-corrected chi connectivity index (χ1v) is 6.94. The zero-order chi connectivity index (χ0) is 14.7. The van der Waals surface area contributed by atoms with Gasteiger partial charge in [0, 0.05) is 11.6 Å². The molecule has 0 aromatic heterocycles. The summed E-state index contributed by atoms with van der Waals surface area (Å²) in [4.78, 5) is 13.2. The molecule has 110 valence electrons. The van der Waals surface area contributed by atoms with E-state index in [1.54, 1.807) is 11.8 Å². The summed E-state index contributed by atoms with van der Waals surface area (Å²) in [5, 5.41) is 9.34. The Hall–Kier alpha value is -1.49. The molecule has 1 aromatic rings. The molecule has 2 unspecified atom stereocenters. The topological polar surface area (TPSA) is 40.5 Å². The average Bonchev–Trinajstić information content (AvgIpc) is 2.66. The molecular weight excluding hydrogens is 264 g/mol. The Balaban J connectivity index is 2.30. The lowest BCUT2D eigenvalue weighted by Crippen LogP contribution is -2.42. The number of rotatable bonds is 3. The number of nitrogens with zero attached hydrogens (tertiary/aromatic N) is 1. The summed E-state index contributed by atoms with van der Waals surface area (Å²) in [6, 6.07) is 2.24. The molecular formula is C15H19F2NO2. The molecule has 20 heavy (non-hydrogen) atoms. The van der Waals surface area contributed by atoms with Crippen molar-refractivity contribution >= 4 is 5.97 Å². The standard InChI is InChI=1S/C15H19F2NO2/c1-10(12-9-11(16)6-7-13(12)17)18-8-4-2-3-5-14(18)15(19)20/h6-7,9-10,14H,2-5,8H2,1H3,(H,19,20). The molecule has 1 fully saturated rings. The smallest absolute Gasteiger partial charge is 0.320 e. The highest BCUT2D eigenvalue weighted by Crippen LogP contribution is 2.29. The molecule has 1 saturated heterocycles. The summed E-state index contributed by atoms with van der Waals surface area (Å²) < 4.78 is 27.2. The van der Waals surface area contributed by atoms with Crippen LogP contribution in [0.3, 0.4) is 0 Å². The first kappa shape index (κ1) is 14.9. The molecule has 0 saturated carbocycles. The van der Waals surface area contributed by atoms with Gasteiger partial charge in [0.1, 0.15) is 17.7 Å². The Kier molecular flexibility index (Phi) is 4.70. The quantitative estimate of drug-likeness (QED) is 0.924. The van der Waals surface area contributed by atoms with Crippen LogP contribution >= 0.6 is 0 Å². The van der Waals surface area contributed by atoms with Gasteiger partial charge in [0.05, 0.1) is 0 Å². The first-order valence-electron chi connectivity index (χ1n) is 6.94. The SMILES string of the molecule is CC(c1cc(F)ccc1F)N1CCCCCC1C(=O)O. The third-order valence-corrected chi connectivity index (χ3v) is 3.98. The Morgan fingerprint density at radius 1 is 1.35 bits per heavy atom. The van der Waals surface area contributed by atoms with E-state index >= 15 is 0 Å². The van der Waals surface area contributed by atoms with E-state index in [0.717, 1.165) is 37.5 Å². The van der Waals surface area contributed by atoms with Crippen LogP contribution in [0.25, 0.3) is 0 Å². The Morgan fingerprint density at radius 2 is 2.10 bits per heavy atom. The van der Waals surface area contributed by atoms with Gasteiger partial charge >= 0.3 is 5.97 Å². The van der Waals surface area contributed by atoms with Crippen molar-refractivity contribution in [1.29, 1.82) is 0 Å². The highest BCUT2D eigenvalue weighted by molar-refractivity contribution is 5.73. The van der Waals surface area contributed by atoms with Crippen molar-refractivity contribution in [2.24, 2.45) is 0 Å². The minimum atomic E-state index is -0.893. The molecule has 2 atom stereocenters. The predicted molar refractivity (Wildman–Crippen MR) is 71.4 cm³/mol. The Bertz CT molecular complexity index is 493. The van der Waals surface area contributed by atoms with Crippen LogP contribution < -0.4 is 0 Å². The molecule has 1 aliphatic heterocycles. The van der Waals surface area contributed by atoms with E-state index in [1.807, 2.05) is 0 Å². The fraction of sp³-hybridized carbons (Fsp3) is 0.533. The first-order chi connectivity index (χ1) is 9.50. The van der Waals surface area contributed by atoms with Crippen molar-refractivity contribution in [1.82, 2.24) is 4.90 Å². The van der Waals surface area contributed by atoms with Gasteiger partial charge in [-0.2, -0.15) is 0 Å². The van der Waals surface area contributed by atoms with E-state index < -0.39 is 29.7 Å². The second-order valence-electron chi connectivity index (χ2n) is 5.28. The Morgan fingerprint density at radius 3 is 2.80 bits per heavy atom. The number of hydrogen-bond acceptors (Lipinski definition) is 2. The molecule has 3 nitrogen and oxygen atoms in total. The van der Waals surface area contributed by atoms with Gasteiger partial charge in [-0.15, -0.1) is 0 Å². The van der Waals surface area contributed by atoms with Gasteiger partial charge in [-0.25, -0.2) is 8.78 Å². The third-order valence-electron chi connectivity index (χ3n) is 3.98. The number of benzene rings is 1. The van der Waals surface area contributed by atoms with Crippen molar-refractivity contribution < 1.29 is 18.7 Å². The van der Waals surface area contributed by atoms with E-state index in [0.29, 0.717) is 13.0 Å². The summed E-state index contributed by atoms with van der Waals surface area (Å²) in [7, 11) is 0. The lowest BCUT2D eigenvalue weighted by atomic mass is 10.0. The lowest BCUT2D eigenvalue weighted by molar-refractivity contribution is -0.144. The number of likely N-dealkylation sites (tertiary alicyclic amines) is 1. The fourth-order valence-corrected chi connectivity index (χ4v) is 2.87. The highest BCUT2D eigenvalue weighted by atomic mass is 19.1. The van der Waals surface area contributed by atoms with Gasteiger partial charge in [0.2, 0.25) is 0 Å². The normalized spacial score (nSPS) is 22.2. The molecule has 0 aliphatic carbocycles. The average molecular weight is 283 g/mol. The minimum Gasteiger partial charge on any atom is -0.480 e. The van der Waals surface area contributed by atoms with Crippen LogP contribution in [0.15, 0.2) is 18.2 Å². The second-order valence-corrected chi connectivity index (χ2v) is 5.28. The lowest BCUT2D eigenvalue weighted by Gasteiger charge is -2.33. The number of carboxylic acids is 1. The maximum atomic E-state index is 13.9. The molecule has 0 amide bonds. The van der Waals surface area contributed by atoms with Gasteiger partial charge in [0.25, 0.3) is 0 Å². The summed E-state index contributed by atoms with van der Waals surface area (Å²) in [6.45, 7) is 2.33. The number of halogens is 2. The van der Waals surface area contributed by atoms with E-state index in [2.05, 4.69) is 0 Å². The van der Waals surface area contributed by atoms with E-state index in [-0.39, 0.29) is 5.56 Å². The van der Waals surface area contributed by atoms with Crippen molar-refractivity contribution in [3.8, 4) is 0 Å². The molecule has 0 radical (unpaired) electrons. The summed E-state index contributed by atoms with van der Waals surface area (Å²) in [5.41, 5.74) is 0.221. The van der Waals surface area contributed by atoms with Gasteiger partial charge in [0.15, 0.2) is 0 Å². The predicted octanol–water partition coefficient (Wildman–Crippen LogP) is 3.36. The maximum Gasteiger partial charge on any atom is 0.320 e. The van der Waals surface area contributed by atoms with Crippen LogP contribution in [0.1, 0.15) is 44.2 Å². The summed E-state index contributed by atoms with van der Waals surface area (Å²) >= 11 is 0. The van der Waals surface area contributed by atoms with Gasteiger partial charge in [-0.1, -0.05) is 12.8 Å². The largest absolute Gasteiger partial charge is 0.480 e. The number of carboxylic acid groups (broad SMARTS) is 1. The highest BCUT2D eigenvalue weighted by Gasteiger charge is 2.32. The van der Waals surface area contributed by atoms with Crippen LogP contribution in [-0.2, 0) is 4.79 Å². The molecule has 1 N–H and O–H groups in total. The zero-order valence-corrected chi connectivity index (χ0v) is 11.5. The van der Waals surface area contributed by atoms with Crippen LogP contribution in [0.2, 0.25) is 0 Å². The molecule has 0 bridgehead atoms. The van der Waals surface area contributed by atoms with Crippen molar-refractivity contribution in [2.75, 3.05) is 6.54 Å². The van der Waals surface area contributed by atoms with Crippen molar-refractivity contribution in [2.45, 2.75) is 44.7 Å². The van der Waals surface area contributed by atoms with Crippen LogP contribution in [0.5, 0.6) is 0 Å².